The van der Waals surface area contributed by atoms with Gasteiger partial charge in [0, 0.05) is 24.5 Å². The Labute approximate surface area is 168 Å². The van der Waals surface area contributed by atoms with E-state index in [1.807, 2.05) is 47.4 Å². The summed E-state index contributed by atoms with van der Waals surface area (Å²) in [6.45, 7) is 1.58. The third-order valence-electron chi connectivity index (χ3n) is 5.25. The van der Waals surface area contributed by atoms with E-state index >= 15 is 0 Å². The standard InChI is InChI=1S/C21H22ClN3OS/c1-24(2)14-9-11-25(12-10-14)21(26)16-13-18(19-7-8-20(22)27-19)23-17-6-4-3-5-15(16)17/h3-8,13-14H,9-12H2,1-2H3. The average Bonchev–Trinajstić information content (AvgIpc) is 3.13. The molecule has 1 aromatic carbocycles. The van der Waals surface area contributed by atoms with Gasteiger partial charge in [0.05, 0.1) is 26.0 Å². The highest BCUT2D eigenvalue weighted by Crippen LogP contribution is 2.33. The van der Waals surface area contributed by atoms with E-state index in [1.165, 1.54) is 11.3 Å². The Balaban J connectivity index is 1.71. The highest BCUT2D eigenvalue weighted by Gasteiger charge is 2.26. The van der Waals surface area contributed by atoms with Crippen LogP contribution < -0.4 is 0 Å². The molecule has 140 valence electrons. The molecule has 4 rings (SSSR count). The number of thiophene rings is 1. The summed E-state index contributed by atoms with van der Waals surface area (Å²) in [4.78, 5) is 23.3. The zero-order valence-corrected chi connectivity index (χ0v) is 17.1. The molecular formula is C21H22ClN3OS. The summed E-state index contributed by atoms with van der Waals surface area (Å²) in [6, 6.07) is 14.2. The molecule has 0 aliphatic carbocycles. The highest BCUT2D eigenvalue weighted by atomic mass is 35.5. The summed E-state index contributed by atoms with van der Waals surface area (Å²) < 4.78 is 0.721. The minimum Gasteiger partial charge on any atom is -0.339 e. The van der Waals surface area contributed by atoms with Gasteiger partial charge in [-0.25, -0.2) is 4.98 Å². The number of halogens is 1. The molecule has 1 fully saturated rings. The highest BCUT2D eigenvalue weighted by molar-refractivity contribution is 7.19. The lowest BCUT2D eigenvalue weighted by molar-refractivity contribution is 0.0665. The molecule has 1 saturated heterocycles. The molecule has 0 radical (unpaired) electrons. The number of pyridine rings is 1. The number of rotatable bonds is 3. The second-order valence-corrected chi connectivity index (χ2v) is 8.88. The Bertz CT molecular complexity index is 976. The maximum Gasteiger partial charge on any atom is 0.254 e. The number of likely N-dealkylation sites (tertiary alicyclic amines) is 1. The topological polar surface area (TPSA) is 36.4 Å². The van der Waals surface area contributed by atoms with Crippen LogP contribution in [0.1, 0.15) is 23.2 Å². The second kappa shape index (κ2) is 7.58. The zero-order chi connectivity index (χ0) is 19.0. The number of para-hydroxylation sites is 1. The smallest absolute Gasteiger partial charge is 0.254 e. The lowest BCUT2D eigenvalue weighted by Gasteiger charge is -2.35. The van der Waals surface area contributed by atoms with Gasteiger partial charge in [0.25, 0.3) is 5.91 Å². The van der Waals surface area contributed by atoms with Gasteiger partial charge < -0.3 is 9.80 Å². The number of carbonyl (C=O) groups excluding carboxylic acids is 1. The summed E-state index contributed by atoms with van der Waals surface area (Å²) in [5, 5.41) is 0.906. The number of carbonyl (C=O) groups is 1. The van der Waals surface area contributed by atoms with Crippen LogP contribution in [0.4, 0.5) is 0 Å². The first-order chi connectivity index (χ1) is 13.0. The number of fused-ring (bicyclic) bond motifs is 1. The van der Waals surface area contributed by atoms with E-state index in [0.717, 1.165) is 57.3 Å². The fourth-order valence-corrected chi connectivity index (χ4v) is 4.69. The van der Waals surface area contributed by atoms with Crippen molar-refractivity contribution in [1.82, 2.24) is 14.8 Å². The van der Waals surface area contributed by atoms with Gasteiger partial charge in [-0.05, 0) is 51.2 Å². The van der Waals surface area contributed by atoms with Gasteiger partial charge in [0.15, 0.2) is 0 Å². The molecule has 1 aliphatic heterocycles. The van der Waals surface area contributed by atoms with E-state index < -0.39 is 0 Å². The summed E-state index contributed by atoms with van der Waals surface area (Å²) in [7, 11) is 4.22. The van der Waals surface area contributed by atoms with Crippen LogP contribution in [0.3, 0.4) is 0 Å². The maximum atomic E-state index is 13.3. The Morgan fingerprint density at radius 1 is 1.19 bits per heavy atom. The van der Waals surface area contributed by atoms with Crippen molar-refractivity contribution < 1.29 is 4.79 Å². The molecule has 2 aromatic heterocycles. The first-order valence-electron chi connectivity index (χ1n) is 9.14. The molecule has 0 spiro atoms. The van der Waals surface area contributed by atoms with Crippen molar-refractivity contribution in [3.05, 3.63) is 52.4 Å². The van der Waals surface area contributed by atoms with Gasteiger partial charge in [-0.15, -0.1) is 11.3 Å². The van der Waals surface area contributed by atoms with E-state index in [1.54, 1.807) is 0 Å². The van der Waals surface area contributed by atoms with E-state index in [4.69, 9.17) is 16.6 Å². The lowest BCUT2D eigenvalue weighted by atomic mass is 10.0. The first kappa shape index (κ1) is 18.4. The number of nitrogens with zero attached hydrogens (tertiary/aromatic N) is 3. The largest absolute Gasteiger partial charge is 0.339 e. The van der Waals surface area contributed by atoms with E-state index in [-0.39, 0.29) is 5.91 Å². The van der Waals surface area contributed by atoms with Gasteiger partial charge in [-0.1, -0.05) is 29.8 Å². The molecule has 3 heterocycles. The second-order valence-electron chi connectivity index (χ2n) is 7.16. The van der Waals surface area contributed by atoms with Crippen molar-refractivity contribution in [2.75, 3.05) is 27.2 Å². The first-order valence-corrected chi connectivity index (χ1v) is 10.3. The Hall–Kier alpha value is -1.95. The fourth-order valence-electron chi connectivity index (χ4n) is 3.69. The van der Waals surface area contributed by atoms with Gasteiger partial charge >= 0.3 is 0 Å². The van der Waals surface area contributed by atoms with Crippen LogP contribution >= 0.6 is 22.9 Å². The van der Waals surface area contributed by atoms with E-state index in [0.29, 0.717) is 6.04 Å². The molecule has 1 amide bonds. The summed E-state index contributed by atoms with van der Waals surface area (Å²) in [5.41, 5.74) is 2.37. The van der Waals surface area contributed by atoms with Crippen LogP contribution in [0, 0.1) is 0 Å². The molecular weight excluding hydrogens is 378 g/mol. The van der Waals surface area contributed by atoms with Gasteiger partial charge in [-0.3, -0.25) is 4.79 Å². The van der Waals surface area contributed by atoms with E-state index in [9.17, 15) is 4.79 Å². The Morgan fingerprint density at radius 2 is 1.93 bits per heavy atom. The quantitative estimate of drug-likeness (QED) is 0.635. The number of aromatic nitrogens is 1. The molecule has 0 atom stereocenters. The van der Waals surface area contributed by atoms with Gasteiger partial charge in [0.1, 0.15) is 0 Å². The van der Waals surface area contributed by atoms with Crippen LogP contribution in [0.25, 0.3) is 21.5 Å². The third kappa shape index (κ3) is 3.72. The van der Waals surface area contributed by atoms with Crippen molar-refractivity contribution in [2.24, 2.45) is 0 Å². The molecule has 0 saturated carbocycles. The molecule has 4 nitrogen and oxygen atoms in total. The summed E-state index contributed by atoms with van der Waals surface area (Å²) >= 11 is 7.58. The third-order valence-corrected chi connectivity index (χ3v) is 6.51. The number of benzene rings is 1. The molecule has 1 aliphatic rings. The van der Waals surface area contributed by atoms with Gasteiger partial charge in [-0.2, -0.15) is 0 Å². The number of hydrogen-bond donors (Lipinski definition) is 0. The van der Waals surface area contributed by atoms with Gasteiger partial charge in [0.2, 0.25) is 0 Å². The van der Waals surface area contributed by atoms with Crippen molar-refractivity contribution in [3.63, 3.8) is 0 Å². The minimum atomic E-state index is 0.0923. The maximum absolute atomic E-state index is 13.3. The van der Waals surface area contributed by atoms with Crippen LogP contribution in [-0.2, 0) is 0 Å². The Morgan fingerprint density at radius 3 is 2.59 bits per heavy atom. The molecule has 6 heteroatoms. The number of hydrogen-bond acceptors (Lipinski definition) is 4. The molecule has 0 unspecified atom stereocenters. The monoisotopic (exact) mass is 399 g/mol. The fraction of sp³-hybridized carbons (Fsp3) is 0.333. The van der Waals surface area contributed by atoms with Crippen molar-refractivity contribution >= 4 is 39.7 Å². The van der Waals surface area contributed by atoms with Crippen molar-refractivity contribution in [2.45, 2.75) is 18.9 Å². The summed E-state index contributed by atoms with van der Waals surface area (Å²) in [6.07, 6.45) is 2.02. The van der Waals surface area contributed by atoms with Crippen LogP contribution in [-0.4, -0.2) is 53.9 Å². The summed E-state index contributed by atoms with van der Waals surface area (Å²) in [5.74, 6) is 0.0923. The normalized spacial score (nSPS) is 15.6. The van der Waals surface area contributed by atoms with Crippen molar-refractivity contribution in [3.8, 4) is 10.6 Å². The molecule has 0 bridgehead atoms. The predicted molar refractivity (Wildman–Crippen MR) is 113 cm³/mol. The molecule has 3 aromatic rings. The zero-order valence-electron chi connectivity index (χ0n) is 15.5. The van der Waals surface area contributed by atoms with Crippen LogP contribution in [0.15, 0.2) is 42.5 Å². The minimum absolute atomic E-state index is 0.0923. The average molecular weight is 400 g/mol. The molecule has 0 N–H and O–H groups in total. The number of piperidine rings is 1. The lowest BCUT2D eigenvalue weighted by Crippen LogP contribution is -2.44. The molecule has 27 heavy (non-hydrogen) atoms. The van der Waals surface area contributed by atoms with Crippen molar-refractivity contribution in [1.29, 1.82) is 0 Å². The van der Waals surface area contributed by atoms with Crippen LogP contribution in [0.5, 0.6) is 0 Å². The number of amides is 1. The van der Waals surface area contributed by atoms with Crippen LogP contribution in [0.2, 0.25) is 4.34 Å². The Kier molecular flexibility index (Phi) is 5.17. The SMILES string of the molecule is CN(C)C1CCN(C(=O)c2cc(-c3ccc(Cl)s3)nc3ccccc23)CC1. The predicted octanol–water partition coefficient (Wildman–Crippen LogP) is 4.78. The van der Waals surface area contributed by atoms with E-state index in [2.05, 4.69) is 19.0 Å².